The molecule has 24 heteroatoms. The molecule has 0 spiro atoms. The lowest BCUT2D eigenvalue weighted by Gasteiger charge is -2.17. The van der Waals surface area contributed by atoms with E-state index >= 15 is 0 Å². The van der Waals surface area contributed by atoms with Crippen LogP contribution in [0.2, 0.25) is 0 Å². The Balaban J connectivity index is 0. The zero-order valence-electron chi connectivity index (χ0n) is 17.6. The highest BCUT2D eigenvalue weighted by molar-refractivity contribution is 7.45. The maximum atomic E-state index is 11.8. The van der Waals surface area contributed by atoms with Gasteiger partial charge >= 0.3 is 29.2 Å². The molecule has 0 aliphatic carbocycles. The molecular formula is C12H26N3O18P3. The number of allylic oxidation sites excluding steroid dienone is 1. The molecule has 0 bridgehead atoms. The van der Waals surface area contributed by atoms with E-state index in [9.17, 15) is 19.8 Å². The van der Waals surface area contributed by atoms with E-state index in [0.717, 1.165) is 4.57 Å². The molecule has 4 atom stereocenters. The molecule has 212 valence electrons. The van der Waals surface area contributed by atoms with E-state index in [4.69, 9.17) is 73.3 Å². The van der Waals surface area contributed by atoms with Gasteiger partial charge in [0.15, 0.2) is 6.23 Å². The number of aliphatic hydroxyl groups is 3. The van der Waals surface area contributed by atoms with Crippen molar-refractivity contribution in [3.63, 3.8) is 0 Å². The van der Waals surface area contributed by atoms with Gasteiger partial charge in [-0.15, -0.1) is 0 Å². The number of nitrogens with one attached hydrogen (secondary N) is 1. The predicted octanol–water partition coefficient (Wildman–Crippen LogP) is -5.62. The maximum Gasteiger partial charge on any atom is 0.466 e. The third kappa shape index (κ3) is 19.6. The van der Waals surface area contributed by atoms with Crippen LogP contribution in [0.4, 0.5) is 0 Å². The zero-order valence-corrected chi connectivity index (χ0v) is 20.3. The molecule has 0 aromatic carbocycles. The van der Waals surface area contributed by atoms with Gasteiger partial charge in [-0.1, -0.05) is 6.08 Å². The highest BCUT2D eigenvalue weighted by atomic mass is 31.2. The second-order valence-corrected chi connectivity index (χ2v) is 9.30. The molecule has 1 saturated heterocycles. The van der Waals surface area contributed by atoms with Crippen LogP contribution in [-0.2, 0) is 24.9 Å². The van der Waals surface area contributed by atoms with E-state index in [2.05, 4.69) is 4.98 Å². The van der Waals surface area contributed by atoms with Crippen LogP contribution in [0, 0.1) is 0 Å². The Bertz CT molecular complexity index is 1010. The Morgan fingerprint density at radius 2 is 1.33 bits per heavy atom. The molecule has 1 aromatic heterocycles. The summed E-state index contributed by atoms with van der Waals surface area (Å²) < 4.78 is 32.9. The third-order valence-corrected chi connectivity index (χ3v) is 3.31. The number of nitrogens with zero attached hydrogens (tertiary/aromatic N) is 1. The number of rotatable bonds is 4. The normalized spacial score (nSPS) is 22.0. The van der Waals surface area contributed by atoms with Crippen LogP contribution in [0.15, 0.2) is 28.1 Å². The largest absolute Gasteiger partial charge is 0.466 e. The third-order valence-electron chi connectivity index (χ3n) is 3.31. The molecule has 15 N–H and O–H groups in total. The molecule has 1 aromatic rings. The fraction of sp³-hybridized carbons (Fsp3) is 0.500. The van der Waals surface area contributed by atoms with Crippen molar-refractivity contribution in [2.24, 2.45) is 5.73 Å². The van der Waals surface area contributed by atoms with Crippen LogP contribution in [0.3, 0.4) is 0 Å². The molecule has 1 fully saturated rings. The molecule has 2 rings (SSSR count). The van der Waals surface area contributed by atoms with E-state index in [1.165, 1.54) is 18.5 Å². The molecule has 0 amide bonds. The molecule has 1 aliphatic heterocycles. The number of aromatic amines is 1. The van der Waals surface area contributed by atoms with Crippen molar-refractivity contribution in [2.75, 3.05) is 6.61 Å². The van der Waals surface area contributed by atoms with Gasteiger partial charge in [-0.2, -0.15) is 0 Å². The number of hydrogen-bond donors (Lipinski definition) is 14. The van der Waals surface area contributed by atoms with Crippen molar-refractivity contribution in [2.45, 2.75) is 31.0 Å². The molecule has 0 saturated carbocycles. The Labute approximate surface area is 199 Å². The smallest absolute Gasteiger partial charge is 0.405 e. The van der Waals surface area contributed by atoms with Gasteiger partial charge in [-0.05, 0) is 12.6 Å². The summed E-state index contributed by atoms with van der Waals surface area (Å²) in [6.07, 6.45) is -0.700. The minimum atomic E-state index is -4.64. The molecule has 36 heavy (non-hydrogen) atoms. The van der Waals surface area contributed by atoms with Gasteiger partial charge in [-0.25, -0.2) is 18.5 Å². The number of aromatic nitrogens is 2. The number of ether oxygens (including phenoxy) is 1. The van der Waals surface area contributed by atoms with Crippen LogP contribution in [0.25, 0.3) is 0 Å². The Morgan fingerprint density at radius 1 is 0.917 bits per heavy atom. The van der Waals surface area contributed by atoms with Crippen molar-refractivity contribution in [3.05, 3.63) is 44.9 Å². The van der Waals surface area contributed by atoms with Crippen molar-refractivity contribution in [3.8, 4) is 0 Å². The molecule has 2 heterocycles. The number of H-pyrrole nitrogens is 1. The quantitative estimate of drug-likeness (QED) is 0.145. The van der Waals surface area contributed by atoms with Gasteiger partial charge in [0.1, 0.15) is 18.3 Å². The van der Waals surface area contributed by atoms with Crippen LogP contribution >= 0.6 is 23.5 Å². The molecule has 0 unspecified atom stereocenters. The number of nitrogens with two attached hydrogens (primary N) is 1. The maximum absolute atomic E-state index is 11.8. The highest BCUT2D eigenvalue weighted by Crippen LogP contribution is 2.28. The van der Waals surface area contributed by atoms with Crippen molar-refractivity contribution < 1.29 is 77.8 Å². The summed E-state index contributed by atoms with van der Waals surface area (Å²) in [6.45, 7) is -0.504. The lowest BCUT2D eigenvalue weighted by Crippen LogP contribution is -2.38. The van der Waals surface area contributed by atoms with E-state index in [1.807, 2.05) is 0 Å². The van der Waals surface area contributed by atoms with E-state index in [0.29, 0.717) is 0 Å². The van der Waals surface area contributed by atoms with Gasteiger partial charge in [-0.3, -0.25) is 14.3 Å². The first-order chi connectivity index (χ1) is 16.0. The molecule has 1 aliphatic rings. The van der Waals surface area contributed by atoms with Crippen LogP contribution in [0.1, 0.15) is 11.8 Å². The summed E-state index contributed by atoms with van der Waals surface area (Å²) in [4.78, 5) is 90.3. The fourth-order valence-electron chi connectivity index (χ4n) is 2.17. The van der Waals surface area contributed by atoms with E-state index < -0.39 is 65.9 Å². The average molecular weight is 593 g/mol. The predicted molar refractivity (Wildman–Crippen MR) is 114 cm³/mol. The van der Waals surface area contributed by atoms with Gasteiger partial charge in [0.05, 0.1) is 6.61 Å². The summed E-state index contributed by atoms with van der Waals surface area (Å²) in [6, 6.07) is 0. The summed E-state index contributed by atoms with van der Waals surface area (Å²) in [5.74, 6) is 0. The molecule has 0 radical (unpaired) electrons. The first-order valence-electron chi connectivity index (χ1n) is 8.68. The van der Waals surface area contributed by atoms with E-state index in [-0.39, 0.29) is 12.0 Å². The topological polar surface area (TPSA) is 384 Å². The van der Waals surface area contributed by atoms with Crippen LogP contribution < -0.4 is 17.0 Å². The first-order valence-corrected chi connectivity index (χ1v) is 13.4. The summed E-state index contributed by atoms with van der Waals surface area (Å²) in [7, 11) is -13.9. The lowest BCUT2D eigenvalue weighted by atomic mass is 10.1. The van der Waals surface area contributed by atoms with Gasteiger partial charge < -0.3 is 69.8 Å². The Morgan fingerprint density at radius 3 is 1.67 bits per heavy atom. The minimum Gasteiger partial charge on any atom is -0.405 e. The SMILES string of the molecule is N/C=C/Cc1cn([C@@H]2O[C@H](CO)[C@@H](O)[C@H]2O)c(=O)[nH]c1=O.O=P(O)(O)O.O=P(O)(O)O.O=P(O)(O)O. The first kappa shape index (κ1) is 36.5. The van der Waals surface area contributed by atoms with Crippen molar-refractivity contribution in [1.29, 1.82) is 0 Å². The second-order valence-electron chi connectivity index (χ2n) is 6.22. The lowest BCUT2D eigenvalue weighted by molar-refractivity contribution is -0.0551. The van der Waals surface area contributed by atoms with Gasteiger partial charge in [0.25, 0.3) is 5.56 Å². The number of phosphoric acid groups is 3. The fourth-order valence-corrected chi connectivity index (χ4v) is 2.17. The van der Waals surface area contributed by atoms with Crippen LogP contribution in [0.5, 0.6) is 0 Å². The number of hydrogen-bond acceptors (Lipinski definition) is 10. The highest BCUT2D eigenvalue weighted by Gasteiger charge is 2.43. The van der Waals surface area contributed by atoms with Gasteiger partial charge in [0.2, 0.25) is 0 Å². The second kappa shape index (κ2) is 15.6. The summed E-state index contributed by atoms with van der Waals surface area (Å²) in [5.41, 5.74) is 4.10. The average Bonchev–Trinajstić information content (AvgIpc) is 2.91. The Hall–Kier alpha value is -1.61. The van der Waals surface area contributed by atoms with Crippen molar-refractivity contribution in [1.82, 2.24) is 9.55 Å². The Kier molecular flexibility index (Phi) is 15.8. The summed E-state index contributed by atoms with van der Waals surface area (Å²) >= 11 is 0. The molecule has 21 nitrogen and oxygen atoms in total. The monoisotopic (exact) mass is 593 g/mol. The minimum absolute atomic E-state index is 0.195. The van der Waals surface area contributed by atoms with Gasteiger partial charge in [0, 0.05) is 11.8 Å². The standard InChI is InChI=1S/C12H17N3O6.3H3O4P/c13-3-1-2-6-4-15(12(20)14-10(6)19)11-9(18)8(17)7(5-16)21-11;3*1-5(2,3)4/h1,3-4,7-9,11,16-18H,2,5,13H2,(H,14,19,20);3*(H3,1,2,3,4)/b3-1+;;;/t7-,8-,9-,11-;;;/m1.../s1. The zero-order chi connectivity index (χ0) is 29.1. The molecular weight excluding hydrogens is 567 g/mol. The van der Waals surface area contributed by atoms with E-state index in [1.54, 1.807) is 0 Å². The summed E-state index contributed by atoms with van der Waals surface area (Å²) in [5, 5.41) is 28.6. The van der Waals surface area contributed by atoms with Crippen LogP contribution in [-0.4, -0.2) is 93.8 Å². The van der Waals surface area contributed by atoms with Crippen molar-refractivity contribution >= 4 is 23.5 Å². The number of aliphatic hydroxyl groups excluding tert-OH is 3.